The fraction of sp³-hybridized carbons (Fsp3) is 0.721. The number of hydrogen-bond acceptors (Lipinski definition) is 8. The van der Waals surface area contributed by atoms with Crippen LogP contribution in [0.2, 0.25) is 0 Å². The molecule has 9 heteroatoms. The van der Waals surface area contributed by atoms with E-state index in [1.54, 1.807) is 6.08 Å². The van der Waals surface area contributed by atoms with Crippen molar-refractivity contribution in [3.63, 3.8) is 0 Å². The summed E-state index contributed by atoms with van der Waals surface area (Å²) < 4.78 is 11.2. The van der Waals surface area contributed by atoms with Gasteiger partial charge in [0.05, 0.1) is 25.4 Å². The Morgan fingerprint density at radius 2 is 0.886 bits per heavy atom. The van der Waals surface area contributed by atoms with Gasteiger partial charge in [0, 0.05) is 6.42 Å². The maximum Gasteiger partial charge on any atom is 0.220 e. The van der Waals surface area contributed by atoms with E-state index in [1.807, 2.05) is 6.08 Å². The summed E-state index contributed by atoms with van der Waals surface area (Å²) in [6, 6.07) is -0.812. The van der Waals surface area contributed by atoms with Crippen LogP contribution in [-0.2, 0) is 14.3 Å². The Balaban J connectivity index is 2.18. The highest BCUT2D eigenvalue weighted by molar-refractivity contribution is 5.76. The molecule has 9 nitrogen and oxygen atoms in total. The van der Waals surface area contributed by atoms with E-state index in [0.29, 0.717) is 6.42 Å². The molecule has 0 bridgehead atoms. The number of carbonyl (C=O) groups is 1. The Morgan fingerprint density at radius 3 is 1.31 bits per heavy atom. The average molecular weight is 981 g/mol. The molecule has 1 amide bonds. The van der Waals surface area contributed by atoms with E-state index in [2.05, 4.69) is 104 Å². The Labute approximate surface area is 428 Å². The number of allylic oxidation sites excluding steroid dienone is 15. The highest BCUT2D eigenvalue weighted by Crippen LogP contribution is 2.23. The summed E-state index contributed by atoms with van der Waals surface area (Å²) in [6.45, 7) is 3.65. The predicted molar refractivity (Wildman–Crippen MR) is 294 cm³/mol. The van der Waals surface area contributed by atoms with Gasteiger partial charge in [0.1, 0.15) is 24.4 Å². The zero-order chi connectivity index (χ0) is 50.8. The molecule has 6 N–H and O–H groups in total. The van der Waals surface area contributed by atoms with Crippen LogP contribution in [0, 0.1) is 0 Å². The molecular weight excluding hydrogens is 875 g/mol. The number of amides is 1. The highest BCUT2D eigenvalue weighted by atomic mass is 16.7. The van der Waals surface area contributed by atoms with Crippen molar-refractivity contribution in [1.82, 2.24) is 5.32 Å². The van der Waals surface area contributed by atoms with Crippen LogP contribution in [0.5, 0.6) is 0 Å². The number of ether oxygens (including phenoxy) is 2. The zero-order valence-corrected chi connectivity index (χ0v) is 44.5. The summed E-state index contributed by atoms with van der Waals surface area (Å²) in [5.74, 6) is -0.184. The van der Waals surface area contributed by atoms with E-state index in [-0.39, 0.29) is 12.5 Å². The molecule has 1 rings (SSSR count). The third-order valence-electron chi connectivity index (χ3n) is 12.9. The number of aliphatic hydroxyl groups excluding tert-OH is 5. The molecule has 0 spiro atoms. The van der Waals surface area contributed by atoms with E-state index in [9.17, 15) is 30.3 Å². The van der Waals surface area contributed by atoms with Crippen molar-refractivity contribution in [3.05, 3.63) is 97.2 Å². The molecule has 0 aromatic heterocycles. The lowest BCUT2D eigenvalue weighted by atomic mass is 9.99. The molecular formula is C61H105NO8. The molecule has 0 aliphatic carbocycles. The van der Waals surface area contributed by atoms with Crippen molar-refractivity contribution in [2.45, 2.75) is 269 Å². The molecule has 1 heterocycles. The first kappa shape index (κ1) is 65.1. The highest BCUT2D eigenvalue weighted by Gasteiger charge is 2.44. The SMILES string of the molecule is CC/C=C\C/C=C\C/C=C\C/C=C\C/C=C\C/C=C\C/C=C\CCCCCCCCCCCCCC(=O)NC(COC1OC(CO)C(O)C(O)C1O)C(O)/C=C/CCCCCCCCCCCCCC. The van der Waals surface area contributed by atoms with Gasteiger partial charge in [-0.1, -0.05) is 239 Å². The summed E-state index contributed by atoms with van der Waals surface area (Å²) in [7, 11) is 0. The third kappa shape index (κ3) is 38.7. The number of unbranched alkanes of at least 4 members (excludes halogenated alkanes) is 23. The maximum absolute atomic E-state index is 13.0. The molecule has 0 aromatic rings. The smallest absolute Gasteiger partial charge is 0.220 e. The Morgan fingerprint density at radius 1 is 0.500 bits per heavy atom. The molecule has 1 fully saturated rings. The fourth-order valence-corrected chi connectivity index (χ4v) is 8.43. The van der Waals surface area contributed by atoms with Gasteiger partial charge < -0.3 is 40.3 Å². The van der Waals surface area contributed by atoms with Gasteiger partial charge >= 0.3 is 0 Å². The second-order valence-electron chi connectivity index (χ2n) is 19.4. The van der Waals surface area contributed by atoms with Gasteiger partial charge in [0.25, 0.3) is 0 Å². The minimum atomic E-state index is -1.57. The Bertz CT molecular complexity index is 1420. The molecule has 7 unspecified atom stereocenters. The largest absolute Gasteiger partial charge is 0.394 e. The standard InChI is InChI=1S/C61H105NO8/c1-3-5-7-9-11-13-15-17-19-20-21-22-23-24-25-26-27-28-29-30-31-32-33-34-35-36-37-39-41-43-45-47-49-51-57(65)62-54(53-69-61-60(68)59(67)58(66)56(52-63)70-61)55(64)50-48-46-44-42-40-38-18-16-14-12-10-8-6-4-2/h5,7,11,13,17,19,21-22,24-25,27-28,30-31,48,50,54-56,58-61,63-64,66-68H,3-4,6,8-10,12,14-16,18,20,23,26,29,32-47,49,51-53H2,1-2H3,(H,62,65)/b7-5-,13-11-,19-17-,22-21-,25-24-,28-27-,31-30-,50-48+. The van der Waals surface area contributed by atoms with Crippen LogP contribution in [0.25, 0.3) is 0 Å². The molecule has 0 radical (unpaired) electrons. The van der Waals surface area contributed by atoms with Crippen LogP contribution >= 0.6 is 0 Å². The van der Waals surface area contributed by atoms with Crippen molar-refractivity contribution in [2.75, 3.05) is 13.2 Å². The van der Waals surface area contributed by atoms with E-state index >= 15 is 0 Å². The molecule has 0 saturated carbocycles. The lowest BCUT2D eigenvalue weighted by molar-refractivity contribution is -0.302. The molecule has 402 valence electrons. The van der Waals surface area contributed by atoms with Crippen LogP contribution in [-0.4, -0.2) is 87.5 Å². The van der Waals surface area contributed by atoms with Crippen LogP contribution in [0.3, 0.4) is 0 Å². The molecule has 7 atom stereocenters. The molecule has 1 aliphatic rings. The second-order valence-corrected chi connectivity index (χ2v) is 19.4. The average Bonchev–Trinajstić information content (AvgIpc) is 3.36. The Hall–Kier alpha value is -2.89. The summed E-state index contributed by atoms with van der Waals surface area (Å²) in [5, 5.41) is 54.4. The Kier molecular flexibility index (Phi) is 46.2. The van der Waals surface area contributed by atoms with Crippen LogP contribution in [0.1, 0.15) is 226 Å². The number of nitrogens with one attached hydrogen (secondary N) is 1. The molecule has 1 saturated heterocycles. The second kappa shape index (κ2) is 49.7. The first-order chi connectivity index (χ1) is 34.3. The van der Waals surface area contributed by atoms with Gasteiger partial charge in [-0.3, -0.25) is 4.79 Å². The number of rotatable bonds is 47. The van der Waals surface area contributed by atoms with Gasteiger partial charge in [-0.05, 0) is 77.0 Å². The predicted octanol–water partition coefficient (Wildman–Crippen LogP) is 14.0. The summed E-state index contributed by atoms with van der Waals surface area (Å²) in [6.07, 6.45) is 64.6. The van der Waals surface area contributed by atoms with Crippen molar-refractivity contribution in [1.29, 1.82) is 0 Å². The van der Waals surface area contributed by atoms with E-state index < -0.39 is 49.5 Å². The molecule has 70 heavy (non-hydrogen) atoms. The minimum absolute atomic E-state index is 0.184. The summed E-state index contributed by atoms with van der Waals surface area (Å²) in [4.78, 5) is 13.0. The molecule has 0 aromatic carbocycles. The topological polar surface area (TPSA) is 149 Å². The lowest BCUT2D eigenvalue weighted by Crippen LogP contribution is -2.60. The van der Waals surface area contributed by atoms with E-state index in [0.717, 1.165) is 89.9 Å². The zero-order valence-electron chi connectivity index (χ0n) is 44.5. The summed E-state index contributed by atoms with van der Waals surface area (Å²) in [5.41, 5.74) is 0. The van der Waals surface area contributed by atoms with Gasteiger partial charge in [0.2, 0.25) is 5.91 Å². The number of carbonyl (C=O) groups excluding carboxylic acids is 1. The normalized spacial score (nSPS) is 20.1. The van der Waals surface area contributed by atoms with Gasteiger partial charge in [-0.2, -0.15) is 0 Å². The maximum atomic E-state index is 13.0. The van der Waals surface area contributed by atoms with Gasteiger partial charge in [-0.25, -0.2) is 0 Å². The van der Waals surface area contributed by atoms with Crippen molar-refractivity contribution >= 4 is 5.91 Å². The number of hydrogen-bond donors (Lipinski definition) is 6. The van der Waals surface area contributed by atoms with E-state index in [4.69, 9.17) is 9.47 Å². The van der Waals surface area contributed by atoms with Gasteiger partial charge in [-0.15, -0.1) is 0 Å². The quantitative estimate of drug-likeness (QED) is 0.0261. The summed E-state index contributed by atoms with van der Waals surface area (Å²) >= 11 is 0. The monoisotopic (exact) mass is 980 g/mol. The van der Waals surface area contributed by atoms with Crippen molar-refractivity contribution in [3.8, 4) is 0 Å². The van der Waals surface area contributed by atoms with Crippen LogP contribution < -0.4 is 5.32 Å². The molecule has 1 aliphatic heterocycles. The lowest BCUT2D eigenvalue weighted by Gasteiger charge is -2.40. The number of aliphatic hydroxyl groups is 5. The van der Waals surface area contributed by atoms with Gasteiger partial charge in [0.15, 0.2) is 6.29 Å². The van der Waals surface area contributed by atoms with Crippen molar-refractivity contribution in [2.24, 2.45) is 0 Å². The fourth-order valence-electron chi connectivity index (χ4n) is 8.43. The van der Waals surface area contributed by atoms with Crippen LogP contribution in [0.4, 0.5) is 0 Å². The third-order valence-corrected chi connectivity index (χ3v) is 12.9. The first-order valence-electron chi connectivity index (χ1n) is 28.5. The van der Waals surface area contributed by atoms with Crippen LogP contribution in [0.15, 0.2) is 97.2 Å². The first-order valence-corrected chi connectivity index (χ1v) is 28.5. The van der Waals surface area contributed by atoms with Crippen molar-refractivity contribution < 1.29 is 39.8 Å². The minimum Gasteiger partial charge on any atom is -0.394 e. The van der Waals surface area contributed by atoms with E-state index in [1.165, 1.54) is 116 Å².